The second-order valence-electron chi connectivity index (χ2n) is 8.23. The minimum Gasteiger partial charge on any atom is -0.340 e. The van der Waals surface area contributed by atoms with Crippen LogP contribution in [0.5, 0.6) is 0 Å². The highest BCUT2D eigenvalue weighted by atomic mass is 16.2. The lowest BCUT2D eigenvalue weighted by Crippen LogP contribution is -2.72. The third-order valence-corrected chi connectivity index (χ3v) is 4.82. The summed E-state index contributed by atoms with van der Waals surface area (Å²) < 4.78 is 0. The van der Waals surface area contributed by atoms with Crippen molar-refractivity contribution in [3.63, 3.8) is 0 Å². The third kappa shape index (κ3) is 3.09. The quantitative estimate of drug-likeness (QED) is 0.870. The van der Waals surface area contributed by atoms with Crippen molar-refractivity contribution >= 4 is 11.8 Å². The van der Waals surface area contributed by atoms with Crippen molar-refractivity contribution in [2.24, 2.45) is 11.3 Å². The highest BCUT2D eigenvalue weighted by Gasteiger charge is 2.54. The molecule has 0 aromatic rings. The van der Waals surface area contributed by atoms with Crippen molar-refractivity contribution in [1.29, 1.82) is 0 Å². The standard InChI is InChI=1S/C17H30N2O2/c1-12(2)8-11-19-13(16(3,4)5)14(20)18-17(15(19)21)9-6-7-10-17/h12-13H,6-11H2,1-5H3,(H,18,20). The number of hydrogen-bond acceptors (Lipinski definition) is 2. The normalized spacial score (nSPS) is 25.8. The number of nitrogens with zero attached hydrogens (tertiary/aromatic N) is 1. The zero-order chi connectivity index (χ0) is 15.8. The van der Waals surface area contributed by atoms with Crippen LogP contribution in [0, 0.1) is 11.3 Å². The first-order valence-corrected chi connectivity index (χ1v) is 8.30. The molecule has 4 nitrogen and oxygen atoms in total. The Morgan fingerprint density at radius 2 is 1.81 bits per heavy atom. The van der Waals surface area contributed by atoms with E-state index in [1.807, 2.05) is 25.7 Å². The number of rotatable bonds is 3. The fourth-order valence-electron chi connectivity index (χ4n) is 3.70. The summed E-state index contributed by atoms with van der Waals surface area (Å²) in [7, 11) is 0. The molecule has 1 saturated carbocycles. The summed E-state index contributed by atoms with van der Waals surface area (Å²) in [6.07, 6.45) is 4.61. The first kappa shape index (κ1) is 16.3. The maximum absolute atomic E-state index is 13.1. The first-order chi connectivity index (χ1) is 9.67. The minimum atomic E-state index is -0.601. The monoisotopic (exact) mass is 294 g/mol. The van der Waals surface area contributed by atoms with E-state index in [1.165, 1.54) is 0 Å². The van der Waals surface area contributed by atoms with Crippen LogP contribution in [0.2, 0.25) is 0 Å². The number of nitrogens with one attached hydrogen (secondary N) is 1. The van der Waals surface area contributed by atoms with Crippen molar-refractivity contribution in [3.8, 4) is 0 Å². The number of carbonyl (C=O) groups is 2. The zero-order valence-corrected chi connectivity index (χ0v) is 14.2. The molecule has 1 N–H and O–H groups in total. The summed E-state index contributed by atoms with van der Waals surface area (Å²) in [5.41, 5.74) is -0.841. The number of amides is 2. The molecule has 2 amide bonds. The first-order valence-electron chi connectivity index (χ1n) is 8.30. The van der Waals surface area contributed by atoms with Gasteiger partial charge in [0.1, 0.15) is 11.6 Å². The van der Waals surface area contributed by atoms with Crippen molar-refractivity contribution < 1.29 is 9.59 Å². The maximum Gasteiger partial charge on any atom is 0.249 e. The Labute approximate surface area is 128 Å². The molecular weight excluding hydrogens is 264 g/mol. The molecule has 1 aliphatic heterocycles. The maximum atomic E-state index is 13.1. The second kappa shape index (κ2) is 5.62. The predicted molar refractivity (Wildman–Crippen MR) is 83.8 cm³/mol. The number of piperazine rings is 1. The predicted octanol–water partition coefficient (Wildman–Crippen LogP) is 2.72. The molecule has 0 aromatic heterocycles. The Morgan fingerprint density at radius 3 is 2.29 bits per heavy atom. The summed E-state index contributed by atoms with van der Waals surface area (Å²) in [5, 5.41) is 3.09. The summed E-state index contributed by atoms with van der Waals surface area (Å²) in [4.78, 5) is 27.7. The average Bonchev–Trinajstić information content (AvgIpc) is 2.79. The van der Waals surface area contributed by atoms with Gasteiger partial charge in [0.05, 0.1) is 0 Å². The second-order valence-corrected chi connectivity index (χ2v) is 8.23. The molecule has 1 unspecified atom stereocenters. The Bertz CT molecular complexity index is 417. The Balaban J connectivity index is 2.30. The van der Waals surface area contributed by atoms with Gasteiger partial charge in [0.15, 0.2) is 0 Å². The van der Waals surface area contributed by atoms with Crippen LogP contribution >= 0.6 is 0 Å². The highest BCUT2D eigenvalue weighted by molar-refractivity contribution is 6.00. The van der Waals surface area contributed by atoms with Crippen LogP contribution in [-0.4, -0.2) is 34.8 Å². The van der Waals surface area contributed by atoms with Crippen LogP contribution in [0.1, 0.15) is 66.7 Å². The smallest absolute Gasteiger partial charge is 0.249 e. The van der Waals surface area contributed by atoms with Gasteiger partial charge in [-0.2, -0.15) is 0 Å². The fraction of sp³-hybridized carbons (Fsp3) is 0.882. The lowest BCUT2D eigenvalue weighted by Gasteiger charge is -2.49. The molecule has 1 aliphatic carbocycles. The van der Waals surface area contributed by atoms with E-state index in [1.54, 1.807) is 0 Å². The van der Waals surface area contributed by atoms with E-state index in [9.17, 15) is 9.59 Å². The zero-order valence-electron chi connectivity index (χ0n) is 14.2. The van der Waals surface area contributed by atoms with Gasteiger partial charge >= 0.3 is 0 Å². The van der Waals surface area contributed by atoms with Crippen LogP contribution in [0.4, 0.5) is 0 Å². The van der Waals surface area contributed by atoms with Gasteiger partial charge < -0.3 is 10.2 Å². The molecule has 21 heavy (non-hydrogen) atoms. The Morgan fingerprint density at radius 1 is 1.24 bits per heavy atom. The SMILES string of the molecule is CC(C)CCN1C(=O)C2(CCCC2)NC(=O)C1C(C)(C)C. The molecule has 1 heterocycles. The topological polar surface area (TPSA) is 49.4 Å². The van der Waals surface area contributed by atoms with Gasteiger partial charge in [-0.15, -0.1) is 0 Å². The molecule has 4 heteroatoms. The van der Waals surface area contributed by atoms with E-state index in [0.29, 0.717) is 12.5 Å². The number of hydrogen-bond donors (Lipinski definition) is 1. The van der Waals surface area contributed by atoms with Crippen LogP contribution in [0.25, 0.3) is 0 Å². The Hall–Kier alpha value is -1.06. The van der Waals surface area contributed by atoms with Crippen LogP contribution in [0.15, 0.2) is 0 Å². The molecule has 1 spiro atoms. The Kier molecular flexibility index (Phi) is 4.36. The van der Waals surface area contributed by atoms with Crippen LogP contribution < -0.4 is 5.32 Å². The van der Waals surface area contributed by atoms with E-state index < -0.39 is 5.54 Å². The van der Waals surface area contributed by atoms with Crippen LogP contribution in [0.3, 0.4) is 0 Å². The molecule has 0 bridgehead atoms. The third-order valence-electron chi connectivity index (χ3n) is 4.82. The van der Waals surface area contributed by atoms with E-state index in [-0.39, 0.29) is 23.3 Å². The summed E-state index contributed by atoms with van der Waals surface area (Å²) in [5.74, 6) is 0.718. The van der Waals surface area contributed by atoms with E-state index >= 15 is 0 Å². The fourth-order valence-corrected chi connectivity index (χ4v) is 3.70. The van der Waals surface area contributed by atoms with Gasteiger partial charge in [0.2, 0.25) is 11.8 Å². The largest absolute Gasteiger partial charge is 0.340 e. The minimum absolute atomic E-state index is 0.0350. The van der Waals surface area contributed by atoms with E-state index in [0.717, 1.165) is 32.1 Å². The van der Waals surface area contributed by atoms with Gasteiger partial charge in [-0.3, -0.25) is 9.59 Å². The van der Waals surface area contributed by atoms with Crippen molar-refractivity contribution in [2.45, 2.75) is 78.3 Å². The van der Waals surface area contributed by atoms with Gasteiger partial charge in [-0.25, -0.2) is 0 Å². The van der Waals surface area contributed by atoms with Gasteiger partial charge in [-0.05, 0) is 30.6 Å². The summed E-state index contributed by atoms with van der Waals surface area (Å²) in [6.45, 7) is 11.1. The molecule has 0 aromatic carbocycles. The lowest BCUT2D eigenvalue weighted by atomic mass is 9.80. The average molecular weight is 294 g/mol. The van der Waals surface area contributed by atoms with Gasteiger partial charge in [0.25, 0.3) is 0 Å². The molecule has 0 radical (unpaired) electrons. The van der Waals surface area contributed by atoms with Crippen molar-refractivity contribution in [2.75, 3.05) is 6.54 Å². The summed E-state index contributed by atoms with van der Waals surface area (Å²) in [6, 6.07) is -0.352. The van der Waals surface area contributed by atoms with Crippen molar-refractivity contribution in [3.05, 3.63) is 0 Å². The molecule has 2 rings (SSSR count). The molecule has 120 valence electrons. The van der Waals surface area contributed by atoms with Crippen LogP contribution in [-0.2, 0) is 9.59 Å². The molecule has 1 saturated heterocycles. The molecule has 1 atom stereocenters. The summed E-state index contributed by atoms with van der Waals surface area (Å²) >= 11 is 0. The lowest BCUT2D eigenvalue weighted by molar-refractivity contribution is -0.159. The molecular formula is C17H30N2O2. The molecule has 2 aliphatic rings. The molecule has 2 fully saturated rings. The van der Waals surface area contributed by atoms with E-state index in [2.05, 4.69) is 19.2 Å². The highest BCUT2D eigenvalue weighted by Crippen LogP contribution is 2.38. The van der Waals surface area contributed by atoms with Gasteiger partial charge in [-0.1, -0.05) is 47.5 Å². The number of carbonyl (C=O) groups excluding carboxylic acids is 2. The van der Waals surface area contributed by atoms with E-state index in [4.69, 9.17) is 0 Å². The van der Waals surface area contributed by atoms with Crippen molar-refractivity contribution in [1.82, 2.24) is 10.2 Å². The van der Waals surface area contributed by atoms with Gasteiger partial charge in [0, 0.05) is 6.54 Å².